The predicted octanol–water partition coefficient (Wildman–Crippen LogP) is 12.8. The van der Waals surface area contributed by atoms with Crippen LogP contribution >= 0.6 is 0 Å². The molecular weight excluding hydrogens is 647 g/mol. The van der Waals surface area contributed by atoms with Crippen molar-refractivity contribution in [2.45, 2.75) is 244 Å². The van der Waals surface area contributed by atoms with Crippen LogP contribution < -0.4 is 5.32 Å². The molecule has 0 fully saturated rings. The second-order valence-electron chi connectivity index (χ2n) is 15.4. The molecule has 6 nitrogen and oxygen atoms in total. The summed E-state index contributed by atoms with van der Waals surface area (Å²) in [5.41, 5.74) is 0. The van der Waals surface area contributed by atoms with Crippen molar-refractivity contribution < 1.29 is 24.5 Å². The number of aliphatic hydroxyl groups is 2. The fourth-order valence-corrected chi connectivity index (χ4v) is 6.68. The van der Waals surface area contributed by atoms with E-state index < -0.39 is 12.1 Å². The van der Waals surface area contributed by atoms with Crippen molar-refractivity contribution >= 4 is 11.9 Å². The number of aliphatic hydroxyl groups excluding tert-OH is 2. The Morgan fingerprint density at radius 1 is 0.519 bits per heavy atom. The van der Waals surface area contributed by atoms with Crippen LogP contribution in [0.2, 0.25) is 0 Å². The van der Waals surface area contributed by atoms with Crippen LogP contribution in [0.5, 0.6) is 0 Å². The highest BCUT2D eigenvalue weighted by Crippen LogP contribution is 2.14. The SMILES string of the molecule is CCCCCCCC/C=C\CCCCCCCC(=O)OCCCCCCCCCCCCCC(=O)NC(CO)C(O)/C=C/CCCCCCCCC. The number of hydrogen-bond acceptors (Lipinski definition) is 5. The van der Waals surface area contributed by atoms with E-state index in [-0.39, 0.29) is 18.5 Å². The number of hydrogen-bond donors (Lipinski definition) is 3. The lowest BCUT2D eigenvalue weighted by Crippen LogP contribution is -2.45. The number of amides is 1. The molecule has 306 valence electrons. The molecule has 6 heteroatoms. The van der Waals surface area contributed by atoms with Crippen LogP contribution in [-0.4, -0.2) is 47.4 Å². The topological polar surface area (TPSA) is 95.9 Å². The van der Waals surface area contributed by atoms with Gasteiger partial charge in [0, 0.05) is 12.8 Å². The Morgan fingerprint density at radius 2 is 0.904 bits per heavy atom. The molecule has 2 unspecified atom stereocenters. The van der Waals surface area contributed by atoms with Crippen molar-refractivity contribution in [3.8, 4) is 0 Å². The summed E-state index contributed by atoms with van der Waals surface area (Å²) in [6.45, 7) is 4.81. The quantitative estimate of drug-likeness (QED) is 0.0330. The first kappa shape index (κ1) is 50.3. The van der Waals surface area contributed by atoms with Crippen molar-refractivity contribution in [3.05, 3.63) is 24.3 Å². The normalized spacial score (nSPS) is 12.9. The Labute approximate surface area is 322 Å². The third-order valence-electron chi connectivity index (χ3n) is 10.2. The molecule has 1 amide bonds. The van der Waals surface area contributed by atoms with Gasteiger partial charge in [-0.25, -0.2) is 0 Å². The van der Waals surface area contributed by atoms with Gasteiger partial charge in [-0.05, 0) is 57.8 Å². The average molecular weight is 734 g/mol. The summed E-state index contributed by atoms with van der Waals surface area (Å²) >= 11 is 0. The summed E-state index contributed by atoms with van der Waals surface area (Å²) < 4.78 is 5.44. The molecule has 0 aromatic carbocycles. The molecule has 0 saturated carbocycles. The van der Waals surface area contributed by atoms with E-state index in [1.807, 2.05) is 6.08 Å². The minimum Gasteiger partial charge on any atom is -0.466 e. The van der Waals surface area contributed by atoms with Crippen LogP contribution in [0.15, 0.2) is 24.3 Å². The first-order valence-electron chi connectivity index (χ1n) is 22.6. The van der Waals surface area contributed by atoms with Crippen molar-refractivity contribution in [1.82, 2.24) is 5.32 Å². The maximum Gasteiger partial charge on any atom is 0.305 e. The predicted molar refractivity (Wildman–Crippen MR) is 223 cm³/mol. The highest BCUT2D eigenvalue weighted by Gasteiger charge is 2.18. The van der Waals surface area contributed by atoms with Gasteiger partial charge in [0.2, 0.25) is 5.91 Å². The summed E-state index contributed by atoms with van der Waals surface area (Å²) in [7, 11) is 0. The zero-order valence-corrected chi connectivity index (χ0v) is 34.5. The maximum atomic E-state index is 12.3. The number of unbranched alkanes of at least 4 members (excludes halogenated alkanes) is 28. The summed E-state index contributed by atoms with van der Waals surface area (Å²) in [4.78, 5) is 24.3. The number of ether oxygens (including phenoxy) is 1. The summed E-state index contributed by atoms with van der Waals surface area (Å²) in [6.07, 6.45) is 47.3. The number of carbonyl (C=O) groups excluding carboxylic acids is 2. The Morgan fingerprint density at radius 3 is 1.37 bits per heavy atom. The molecule has 0 aliphatic heterocycles. The van der Waals surface area contributed by atoms with Crippen molar-refractivity contribution in [3.63, 3.8) is 0 Å². The van der Waals surface area contributed by atoms with Gasteiger partial charge in [-0.1, -0.05) is 186 Å². The molecule has 3 N–H and O–H groups in total. The number of rotatable bonds is 41. The third-order valence-corrected chi connectivity index (χ3v) is 10.2. The van der Waals surface area contributed by atoms with Gasteiger partial charge in [0.05, 0.1) is 25.4 Å². The molecule has 2 atom stereocenters. The third kappa shape index (κ3) is 38.1. The van der Waals surface area contributed by atoms with E-state index in [2.05, 4.69) is 31.3 Å². The zero-order chi connectivity index (χ0) is 38.0. The van der Waals surface area contributed by atoms with Crippen LogP contribution in [0.25, 0.3) is 0 Å². The number of allylic oxidation sites excluding steroid dienone is 3. The van der Waals surface area contributed by atoms with Gasteiger partial charge >= 0.3 is 5.97 Å². The smallest absolute Gasteiger partial charge is 0.305 e. The summed E-state index contributed by atoms with van der Waals surface area (Å²) in [6, 6.07) is -0.639. The van der Waals surface area contributed by atoms with E-state index in [1.54, 1.807) is 6.08 Å². The largest absolute Gasteiger partial charge is 0.466 e. The van der Waals surface area contributed by atoms with E-state index in [0.29, 0.717) is 19.4 Å². The minimum atomic E-state index is -0.854. The Balaban J connectivity index is 3.48. The second kappa shape index (κ2) is 42.1. The molecule has 0 aliphatic rings. The van der Waals surface area contributed by atoms with E-state index in [0.717, 1.165) is 57.8 Å². The number of nitrogens with one attached hydrogen (secondary N) is 1. The van der Waals surface area contributed by atoms with Gasteiger partial charge in [0.1, 0.15) is 0 Å². The number of carbonyl (C=O) groups is 2. The monoisotopic (exact) mass is 734 g/mol. The van der Waals surface area contributed by atoms with Gasteiger partial charge in [0.15, 0.2) is 0 Å². The van der Waals surface area contributed by atoms with Gasteiger partial charge in [-0.2, -0.15) is 0 Å². The van der Waals surface area contributed by atoms with E-state index in [9.17, 15) is 19.8 Å². The Kier molecular flexibility index (Phi) is 40.7. The molecule has 0 spiro atoms. The van der Waals surface area contributed by atoms with Gasteiger partial charge in [-0.15, -0.1) is 0 Å². The van der Waals surface area contributed by atoms with Crippen LogP contribution in [0.1, 0.15) is 232 Å². The van der Waals surface area contributed by atoms with Gasteiger partial charge < -0.3 is 20.3 Å². The molecule has 0 heterocycles. The molecule has 0 radical (unpaired) electrons. The fourth-order valence-electron chi connectivity index (χ4n) is 6.68. The van der Waals surface area contributed by atoms with Gasteiger partial charge in [-0.3, -0.25) is 9.59 Å². The van der Waals surface area contributed by atoms with E-state index in [1.165, 1.54) is 148 Å². The standard InChI is InChI=1S/C46H87NO5/c1-3-5-7-9-11-13-14-15-16-17-20-24-28-32-36-40-46(51)52-41-37-33-29-25-21-18-19-23-27-31-35-39-45(50)47-43(42-48)44(49)38-34-30-26-22-12-10-8-6-4-2/h15-16,34,38,43-44,48-49H,3-14,17-33,35-37,39-42H2,1-2H3,(H,47,50)/b16-15-,38-34+. The lowest BCUT2D eigenvalue weighted by molar-refractivity contribution is -0.143. The summed E-state index contributed by atoms with van der Waals surface area (Å²) in [5, 5.41) is 22.8. The molecule has 0 bridgehead atoms. The highest BCUT2D eigenvalue weighted by molar-refractivity contribution is 5.76. The average Bonchev–Trinajstić information content (AvgIpc) is 3.14. The van der Waals surface area contributed by atoms with Gasteiger partial charge in [0.25, 0.3) is 0 Å². The molecule has 0 aromatic rings. The summed E-state index contributed by atoms with van der Waals surface area (Å²) in [5.74, 6) is -0.116. The molecule has 0 aliphatic carbocycles. The molecule has 0 aromatic heterocycles. The minimum absolute atomic E-state index is 0.0246. The highest BCUT2D eigenvalue weighted by atomic mass is 16.5. The molecular formula is C46H87NO5. The zero-order valence-electron chi connectivity index (χ0n) is 34.5. The second-order valence-corrected chi connectivity index (χ2v) is 15.4. The molecule has 0 rings (SSSR count). The lowest BCUT2D eigenvalue weighted by Gasteiger charge is -2.20. The van der Waals surface area contributed by atoms with Crippen LogP contribution in [0.3, 0.4) is 0 Å². The van der Waals surface area contributed by atoms with Crippen LogP contribution in [0.4, 0.5) is 0 Å². The van der Waals surface area contributed by atoms with E-state index in [4.69, 9.17) is 4.74 Å². The molecule has 0 saturated heterocycles. The number of esters is 1. The first-order chi connectivity index (χ1) is 25.5. The maximum absolute atomic E-state index is 12.3. The van der Waals surface area contributed by atoms with Crippen LogP contribution in [-0.2, 0) is 14.3 Å². The van der Waals surface area contributed by atoms with E-state index >= 15 is 0 Å². The van der Waals surface area contributed by atoms with Crippen LogP contribution in [0, 0.1) is 0 Å². The first-order valence-corrected chi connectivity index (χ1v) is 22.6. The van der Waals surface area contributed by atoms with Crippen molar-refractivity contribution in [2.24, 2.45) is 0 Å². The fraction of sp³-hybridized carbons (Fsp3) is 0.870. The Hall–Kier alpha value is -1.66. The van der Waals surface area contributed by atoms with Crippen molar-refractivity contribution in [2.75, 3.05) is 13.2 Å². The van der Waals surface area contributed by atoms with Crippen molar-refractivity contribution in [1.29, 1.82) is 0 Å². The lowest BCUT2D eigenvalue weighted by atomic mass is 10.0. The Bertz CT molecular complexity index is 813. The molecule has 52 heavy (non-hydrogen) atoms.